The molecule has 1 aliphatic rings. The number of para-hydroxylation sites is 1. The maximum atomic E-state index is 12.8. The predicted octanol–water partition coefficient (Wildman–Crippen LogP) is 5.58. The topological polar surface area (TPSA) is 87.2 Å². The molecule has 0 bridgehead atoms. The van der Waals surface area contributed by atoms with Crippen molar-refractivity contribution in [2.24, 2.45) is 11.8 Å². The molecule has 1 aromatic heterocycles. The first-order valence-corrected chi connectivity index (χ1v) is 14.9. The molecule has 1 saturated carbocycles. The summed E-state index contributed by atoms with van der Waals surface area (Å²) in [6, 6.07) is 15.4. The van der Waals surface area contributed by atoms with E-state index in [0.717, 1.165) is 61.1 Å². The number of fused-ring (bicyclic) bond motifs is 1. The van der Waals surface area contributed by atoms with E-state index in [4.69, 9.17) is 9.97 Å². The molecule has 2 aromatic carbocycles. The van der Waals surface area contributed by atoms with Gasteiger partial charge in [-0.25, -0.2) is 18.1 Å². The van der Waals surface area contributed by atoms with Crippen LogP contribution >= 0.6 is 0 Å². The first-order chi connectivity index (χ1) is 17.6. The number of benzene rings is 2. The largest absolute Gasteiger partial charge is 0.359 e. The van der Waals surface area contributed by atoms with Crippen molar-refractivity contribution in [3.8, 4) is 0 Å². The van der Waals surface area contributed by atoms with Crippen LogP contribution in [0.2, 0.25) is 0 Å². The van der Waals surface area contributed by atoms with Gasteiger partial charge in [-0.05, 0) is 79.7 Å². The highest BCUT2D eigenvalue weighted by Crippen LogP contribution is 2.30. The smallest absolute Gasteiger partial charge is 0.240 e. The average molecular weight is 524 g/mol. The third-order valence-electron chi connectivity index (χ3n) is 7.53. The van der Waals surface area contributed by atoms with Crippen LogP contribution in [0.15, 0.2) is 53.4 Å². The van der Waals surface area contributed by atoms with Crippen LogP contribution in [-0.2, 0) is 15.4 Å². The molecule has 0 aliphatic heterocycles. The van der Waals surface area contributed by atoms with Gasteiger partial charge in [-0.1, -0.05) is 45.0 Å². The standard InChI is InChI=1S/C29H41N5O2S/c1-6-34(5)27-25-9-7-8-10-26(25)32-28(33-27)30-19-21-11-13-22(14-12-21)20-31-37(35,36)24-17-15-23(16-18-24)29(2,3)4/h7-10,15-18,21-22,31H,6,11-14,19-20H2,1-5H3,(H,30,32,33)/t21-,22-. The quantitative estimate of drug-likeness (QED) is 0.381. The molecule has 3 aromatic rings. The van der Waals surface area contributed by atoms with Crippen LogP contribution in [0.1, 0.15) is 58.9 Å². The van der Waals surface area contributed by atoms with Crippen molar-refractivity contribution in [1.29, 1.82) is 0 Å². The summed E-state index contributed by atoms with van der Waals surface area (Å²) in [5, 5.41) is 4.53. The predicted molar refractivity (Wildman–Crippen MR) is 153 cm³/mol. The SMILES string of the molecule is CCN(C)c1nc(NC[C@H]2CC[C@H](CNS(=O)(=O)c3ccc(C(C)(C)C)cc3)CC2)nc2ccccc12. The minimum Gasteiger partial charge on any atom is -0.359 e. The summed E-state index contributed by atoms with van der Waals surface area (Å²) >= 11 is 0. The van der Waals surface area contributed by atoms with E-state index in [1.807, 2.05) is 30.3 Å². The summed E-state index contributed by atoms with van der Waals surface area (Å²) in [6.45, 7) is 10.7. The molecular formula is C29H41N5O2S. The van der Waals surface area contributed by atoms with Crippen molar-refractivity contribution in [3.63, 3.8) is 0 Å². The van der Waals surface area contributed by atoms with E-state index in [9.17, 15) is 8.42 Å². The molecule has 7 nitrogen and oxygen atoms in total. The Morgan fingerprint density at radius 2 is 1.54 bits per heavy atom. The number of nitrogens with zero attached hydrogens (tertiary/aromatic N) is 3. The van der Waals surface area contributed by atoms with Gasteiger partial charge in [-0.15, -0.1) is 0 Å². The van der Waals surface area contributed by atoms with Gasteiger partial charge in [-0.2, -0.15) is 4.98 Å². The van der Waals surface area contributed by atoms with E-state index in [0.29, 0.717) is 29.2 Å². The van der Waals surface area contributed by atoms with Gasteiger partial charge >= 0.3 is 0 Å². The molecule has 2 N–H and O–H groups in total. The van der Waals surface area contributed by atoms with Gasteiger partial charge in [0.1, 0.15) is 5.82 Å². The van der Waals surface area contributed by atoms with Crippen LogP contribution in [0.25, 0.3) is 10.9 Å². The Hall–Kier alpha value is -2.71. The van der Waals surface area contributed by atoms with Crippen molar-refractivity contribution in [3.05, 3.63) is 54.1 Å². The highest BCUT2D eigenvalue weighted by molar-refractivity contribution is 7.89. The Kier molecular flexibility index (Phi) is 8.39. The molecule has 1 heterocycles. The maximum Gasteiger partial charge on any atom is 0.240 e. The summed E-state index contributed by atoms with van der Waals surface area (Å²) in [5.41, 5.74) is 2.07. The fraction of sp³-hybridized carbons (Fsp3) is 0.517. The zero-order valence-corrected chi connectivity index (χ0v) is 23.6. The number of sulfonamides is 1. The third-order valence-corrected chi connectivity index (χ3v) is 8.97. The molecule has 200 valence electrons. The second kappa shape index (κ2) is 11.4. The van der Waals surface area contributed by atoms with Crippen molar-refractivity contribution in [1.82, 2.24) is 14.7 Å². The van der Waals surface area contributed by atoms with Crippen LogP contribution in [0.4, 0.5) is 11.8 Å². The molecule has 0 unspecified atom stereocenters. The molecular weight excluding hydrogens is 482 g/mol. The Labute approximate surface area is 222 Å². The van der Waals surface area contributed by atoms with E-state index < -0.39 is 10.0 Å². The van der Waals surface area contributed by atoms with Gasteiger partial charge in [0, 0.05) is 32.1 Å². The van der Waals surface area contributed by atoms with E-state index >= 15 is 0 Å². The minimum atomic E-state index is -3.50. The van der Waals surface area contributed by atoms with E-state index in [1.165, 1.54) is 0 Å². The highest BCUT2D eigenvalue weighted by Gasteiger charge is 2.24. The van der Waals surface area contributed by atoms with E-state index in [1.54, 1.807) is 12.1 Å². The lowest BCUT2D eigenvalue weighted by molar-refractivity contribution is 0.284. The summed E-state index contributed by atoms with van der Waals surface area (Å²) in [5.74, 6) is 2.50. The molecule has 4 rings (SSSR count). The minimum absolute atomic E-state index is 0.00220. The molecule has 0 amide bonds. The number of hydrogen-bond acceptors (Lipinski definition) is 6. The lowest BCUT2D eigenvalue weighted by Gasteiger charge is -2.29. The lowest BCUT2D eigenvalue weighted by atomic mass is 9.82. The van der Waals surface area contributed by atoms with Crippen LogP contribution in [0.5, 0.6) is 0 Å². The Morgan fingerprint density at radius 1 is 0.919 bits per heavy atom. The Bertz CT molecular complexity index is 1290. The van der Waals surface area contributed by atoms with Crippen LogP contribution in [0.3, 0.4) is 0 Å². The van der Waals surface area contributed by atoms with Crippen molar-refractivity contribution < 1.29 is 8.42 Å². The lowest BCUT2D eigenvalue weighted by Crippen LogP contribution is -2.32. The van der Waals surface area contributed by atoms with Crippen LogP contribution < -0.4 is 14.9 Å². The number of nitrogens with one attached hydrogen (secondary N) is 2. The zero-order chi connectivity index (χ0) is 26.6. The van der Waals surface area contributed by atoms with Gasteiger partial charge in [0.25, 0.3) is 0 Å². The first-order valence-electron chi connectivity index (χ1n) is 13.4. The first kappa shape index (κ1) is 27.3. The van der Waals surface area contributed by atoms with Gasteiger partial charge < -0.3 is 10.2 Å². The molecule has 0 radical (unpaired) electrons. The highest BCUT2D eigenvalue weighted by atomic mass is 32.2. The van der Waals surface area contributed by atoms with Gasteiger partial charge in [-0.3, -0.25) is 0 Å². The molecule has 37 heavy (non-hydrogen) atoms. The van der Waals surface area contributed by atoms with E-state index in [-0.39, 0.29) is 5.41 Å². The van der Waals surface area contributed by atoms with Crippen molar-refractivity contribution >= 4 is 32.7 Å². The maximum absolute atomic E-state index is 12.8. The number of anilines is 2. The van der Waals surface area contributed by atoms with Gasteiger partial charge in [0.2, 0.25) is 16.0 Å². The second-order valence-electron chi connectivity index (χ2n) is 11.3. The fourth-order valence-corrected chi connectivity index (χ4v) is 6.02. The molecule has 0 atom stereocenters. The fourth-order valence-electron chi connectivity index (χ4n) is 4.90. The van der Waals surface area contributed by atoms with Gasteiger partial charge in [0.05, 0.1) is 10.4 Å². The normalized spacial score (nSPS) is 18.6. The summed E-state index contributed by atoms with van der Waals surface area (Å²) < 4.78 is 28.5. The van der Waals surface area contributed by atoms with Gasteiger partial charge in [0.15, 0.2) is 0 Å². The Morgan fingerprint density at radius 3 is 2.16 bits per heavy atom. The van der Waals surface area contributed by atoms with Crippen molar-refractivity contribution in [2.75, 3.05) is 36.9 Å². The summed E-state index contributed by atoms with van der Waals surface area (Å²) in [7, 11) is -1.45. The number of rotatable bonds is 9. The van der Waals surface area contributed by atoms with Crippen LogP contribution in [-0.4, -0.2) is 45.1 Å². The van der Waals surface area contributed by atoms with Crippen molar-refractivity contribution in [2.45, 2.75) is 63.7 Å². The number of aromatic nitrogens is 2. The second-order valence-corrected chi connectivity index (χ2v) is 13.1. The zero-order valence-electron chi connectivity index (χ0n) is 22.8. The molecule has 0 spiro atoms. The summed E-state index contributed by atoms with van der Waals surface area (Å²) in [4.78, 5) is 12.0. The van der Waals surface area contributed by atoms with E-state index in [2.05, 4.69) is 55.7 Å². The number of hydrogen-bond donors (Lipinski definition) is 2. The Balaban J connectivity index is 1.28. The molecule has 0 saturated heterocycles. The third kappa shape index (κ3) is 6.79. The molecule has 1 aliphatic carbocycles. The molecule has 1 fully saturated rings. The van der Waals surface area contributed by atoms with Crippen LogP contribution in [0, 0.1) is 11.8 Å². The average Bonchev–Trinajstić information content (AvgIpc) is 2.90. The monoisotopic (exact) mass is 523 g/mol. The molecule has 8 heteroatoms. The summed E-state index contributed by atoms with van der Waals surface area (Å²) in [6.07, 6.45) is 4.16.